The first kappa shape index (κ1) is 15.9. The number of sulfonamides is 1. The van der Waals surface area contributed by atoms with Crippen LogP contribution in [0, 0.1) is 0 Å². The van der Waals surface area contributed by atoms with Gasteiger partial charge in [-0.25, -0.2) is 18.1 Å². The molecule has 0 saturated heterocycles. The van der Waals surface area contributed by atoms with E-state index in [9.17, 15) is 8.42 Å². The Morgan fingerprint density at radius 3 is 2.68 bits per heavy atom. The lowest BCUT2D eigenvalue weighted by molar-refractivity contribution is 0.394. The molecule has 1 heterocycles. The normalized spacial score (nSPS) is 11.8. The highest BCUT2D eigenvalue weighted by molar-refractivity contribution is 7.89. The standard InChI is InChI=1S/C12H22N4O2S/c1-13-12-11(7-6-8-14-12)19(17,18)15-9-4-5-10-16(2)3/h6-8,15H,4-5,9-10H2,1-3H3,(H,13,14). The number of rotatable bonds is 8. The van der Waals surface area contributed by atoms with E-state index in [1.807, 2.05) is 14.1 Å². The van der Waals surface area contributed by atoms with Crippen molar-refractivity contribution in [2.75, 3.05) is 39.5 Å². The quantitative estimate of drug-likeness (QED) is 0.690. The fourth-order valence-electron chi connectivity index (χ4n) is 1.63. The predicted molar refractivity (Wildman–Crippen MR) is 76.8 cm³/mol. The number of unbranched alkanes of at least 4 members (excludes halogenated alkanes) is 1. The van der Waals surface area contributed by atoms with Crippen molar-refractivity contribution in [1.29, 1.82) is 0 Å². The third kappa shape index (κ3) is 5.14. The Kier molecular flexibility index (Phi) is 6.20. The van der Waals surface area contributed by atoms with Gasteiger partial charge in [0, 0.05) is 19.8 Å². The van der Waals surface area contributed by atoms with Gasteiger partial charge in [-0.2, -0.15) is 0 Å². The minimum absolute atomic E-state index is 0.185. The molecule has 0 amide bonds. The maximum absolute atomic E-state index is 12.1. The molecule has 0 aliphatic rings. The second-order valence-electron chi connectivity index (χ2n) is 4.51. The van der Waals surface area contributed by atoms with Crippen molar-refractivity contribution in [3.05, 3.63) is 18.3 Å². The van der Waals surface area contributed by atoms with Crippen LogP contribution in [0.4, 0.5) is 5.82 Å². The maximum Gasteiger partial charge on any atom is 0.244 e. The molecule has 0 fully saturated rings. The minimum atomic E-state index is -3.49. The van der Waals surface area contributed by atoms with Crippen LogP contribution in [-0.2, 0) is 10.0 Å². The predicted octanol–water partition coefficient (Wildman–Crippen LogP) is 0.743. The van der Waals surface area contributed by atoms with Gasteiger partial charge in [-0.05, 0) is 45.6 Å². The van der Waals surface area contributed by atoms with Gasteiger partial charge in [0.15, 0.2) is 0 Å². The first-order valence-electron chi connectivity index (χ1n) is 6.24. The van der Waals surface area contributed by atoms with Crippen LogP contribution in [0.1, 0.15) is 12.8 Å². The Balaban J connectivity index is 2.56. The molecule has 0 radical (unpaired) electrons. The van der Waals surface area contributed by atoms with E-state index < -0.39 is 10.0 Å². The summed E-state index contributed by atoms with van der Waals surface area (Å²) in [4.78, 5) is 6.26. The van der Waals surface area contributed by atoms with Crippen LogP contribution in [0.3, 0.4) is 0 Å². The minimum Gasteiger partial charge on any atom is -0.372 e. The maximum atomic E-state index is 12.1. The summed E-state index contributed by atoms with van der Waals surface area (Å²) in [5.74, 6) is 0.364. The van der Waals surface area contributed by atoms with E-state index in [0.717, 1.165) is 19.4 Å². The number of nitrogens with one attached hydrogen (secondary N) is 2. The Bertz CT molecular complexity index is 488. The monoisotopic (exact) mass is 286 g/mol. The zero-order chi connectivity index (χ0) is 14.3. The van der Waals surface area contributed by atoms with Gasteiger partial charge in [0.2, 0.25) is 10.0 Å². The summed E-state index contributed by atoms with van der Waals surface area (Å²) >= 11 is 0. The van der Waals surface area contributed by atoms with Crippen molar-refractivity contribution in [2.24, 2.45) is 0 Å². The molecular formula is C12H22N4O2S. The number of hydrogen-bond donors (Lipinski definition) is 2. The highest BCUT2D eigenvalue weighted by atomic mass is 32.2. The SMILES string of the molecule is CNc1ncccc1S(=O)(=O)NCCCCN(C)C. The third-order valence-corrected chi connectivity index (χ3v) is 4.11. The molecule has 0 aliphatic heterocycles. The van der Waals surface area contributed by atoms with Gasteiger partial charge in [0.1, 0.15) is 10.7 Å². The van der Waals surface area contributed by atoms with Crippen LogP contribution >= 0.6 is 0 Å². The third-order valence-electron chi connectivity index (χ3n) is 2.62. The van der Waals surface area contributed by atoms with Gasteiger partial charge in [-0.3, -0.25) is 0 Å². The van der Waals surface area contributed by atoms with Gasteiger partial charge >= 0.3 is 0 Å². The van der Waals surface area contributed by atoms with Gasteiger partial charge in [0.25, 0.3) is 0 Å². The summed E-state index contributed by atoms with van der Waals surface area (Å²) in [5, 5.41) is 2.78. The largest absolute Gasteiger partial charge is 0.372 e. The van der Waals surface area contributed by atoms with Crippen molar-refractivity contribution < 1.29 is 8.42 Å². The molecule has 0 saturated carbocycles. The lowest BCUT2D eigenvalue weighted by Gasteiger charge is -2.11. The zero-order valence-corrected chi connectivity index (χ0v) is 12.5. The van der Waals surface area contributed by atoms with E-state index in [4.69, 9.17) is 0 Å². The van der Waals surface area contributed by atoms with E-state index in [-0.39, 0.29) is 4.90 Å². The van der Waals surface area contributed by atoms with Crippen LogP contribution in [0.25, 0.3) is 0 Å². The molecule has 0 spiro atoms. The summed E-state index contributed by atoms with van der Waals surface area (Å²) in [6.45, 7) is 1.39. The van der Waals surface area contributed by atoms with Gasteiger partial charge in [-0.1, -0.05) is 0 Å². The topological polar surface area (TPSA) is 74.3 Å². The summed E-state index contributed by atoms with van der Waals surface area (Å²) < 4.78 is 26.8. The van der Waals surface area contributed by atoms with Crippen LogP contribution in [-0.4, -0.2) is 52.5 Å². The Hall–Kier alpha value is -1.18. The molecule has 2 N–H and O–H groups in total. The van der Waals surface area contributed by atoms with Crippen molar-refractivity contribution in [3.8, 4) is 0 Å². The second kappa shape index (κ2) is 7.42. The van der Waals surface area contributed by atoms with E-state index in [2.05, 4.69) is 19.9 Å². The molecule has 0 atom stereocenters. The molecule has 7 heteroatoms. The number of pyridine rings is 1. The smallest absolute Gasteiger partial charge is 0.244 e. The van der Waals surface area contributed by atoms with Crippen LogP contribution < -0.4 is 10.0 Å². The van der Waals surface area contributed by atoms with E-state index in [1.54, 1.807) is 25.4 Å². The molecule has 0 aliphatic carbocycles. The van der Waals surface area contributed by atoms with Crippen LogP contribution in [0.5, 0.6) is 0 Å². The zero-order valence-electron chi connectivity index (χ0n) is 11.7. The highest BCUT2D eigenvalue weighted by Crippen LogP contribution is 2.16. The molecule has 108 valence electrons. The molecule has 0 unspecified atom stereocenters. The summed E-state index contributed by atoms with van der Waals surface area (Å²) in [6, 6.07) is 3.16. The molecule has 1 aromatic heterocycles. The number of hydrogen-bond acceptors (Lipinski definition) is 5. The van der Waals surface area contributed by atoms with Crippen molar-refractivity contribution in [2.45, 2.75) is 17.7 Å². The highest BCUT2D eigenvalue weighted by Gasteiger charge is 2.17. The lowest BCUT2D eigenvalue weighted by atomic mass is 10.3. The molecule has 0 aromatic carbocycles. The number of aromatic nitrogens is 1. The summed E-state index contributed by atoms with van der Waals surface area (Å²) in [7, 11) is 2.16. The molecule has 1 aromatic rings. The van der Waals surface area contributed by atoms with E-state index in [1.165, 1.54) is 0 Å². The number of anilines is 1. The fourth-order valence-corrected chi connectivity index (χ4v) is 2.87. The second-order valence-corrected chi connectivity index (χ2v) is 6.24. The van der Waals surface area contributed by atoms with Gasteiger partial charge in [-0.15, -0.1) is 0 Å². The van der Waals surface area contributed by atoms with Crippen molar-refractivity contribution >= 4 is 15.8 Å². The molecule has 1 rings (SSSR count). The molecule has 19 heavy (non-hydrogen) atoms. The summed E-state index contributed by atoms with van der Waals surface area (Å²) in [6.07, 6.45) is 3.33. The first-order chi connectivity index (χ1) is 8.97. The van der Waals surface area contributed by atoms with Gasteiger partial charge < -0.3 is 10.2 Å². The molecule has 6 nitrogen and oxygen atoms in total. The average Bonchev–Trinajstić information content (AvgIpc) is 2.37. The number of nitrogens with zero attached hydrogens (tertiary/aromatic N) is 2. The first-order valence-corrected chi connectivity index (χ1v) is 7.73. The Labute approximate surface area is 115 Å². The Morgan fingerprint density at radius 1 is 1.32 bits per heavy atom. The van der Waals surface area contributed by atoms with Gasteiger partial charge in [0.05, 0.1) is 0 Å². The van der Waals surface area contributed by atoms with E-state index >= 15 is 0 Å². The van der Waals surface area contributed by atoms with Crippen molar-refractivity contribution in [3.63, 3.8) is 0 Å². The Morgan fingerprint density at radius 2 is 2.05 bits per heavy atom. The fraction of sp³-hybridized carbons (Fsp3) is 0.583. The van der Waals surface area contributed by atoms with E-state index in [0.29, 0.717) is 12.4 Å². The van der Waals surface area contributed by atoms with Crippen molar-refractivity contribution in [1.82, 2.24) is 14.6 Å². The van der Waals surface area contributed by atoms with Crippen LogP contribution in [0.15, 0.2) is 23.2 Å². The average molecular weight is 286 g/mol. The summed E-state index contributed by atoms with van der Waals surface area (Å²) in [5.41, 5.74) is 0. The molecule has 0 bridgehead atoms. The molecular weight excluding hydrogens is 264 g/mol. The van der Waals surface area contributed by atoms with Crippen LogP contribution in [0.2, 0.25) is 0 Å². The lowest BCUT2D eigenvalue weighted by Crippen LogP contribution is -2.26.